The fraction of sp³-hybridized carbons (Fsp3) is 0.167. The summed E-state index contributed by atoms with van der Waals surface area (Å²) in [6.45, 7) is -0.131. The monoisotopic (exact) mass is 339 g/mol. The average molecular weight is 339 g/mol. The lowest BCUT2D eigenvalue weighted by molar-refractivity contribution is 0.0871. The number of hydrogen-bond acceptors (Lipinski definition) is 5. The number of benzene rings is 2. The van der Waals surface area contributed by atoms with E-state index in [0.29, 0.717) is 16.5 Å². The van der Waals surface area contributed by atoms with Gasteiger partial charge in [-0.05, 0) is 18.2 Å². The van der Waals surface area contributed by atoms with Crippen LogP contribution in [0.1, 0.15) is 10.5 Å². The van der Waals surface area contributed by atoms with Crippen molar-refractivity contribution in [3.63, 3.8) is 0 Å². The fourth-order valence-corrected chi connectivity index (χ4v) is 2.50. The second-order valence-electron chi connectivity index (χ2n) is 5.52. The molecule has 2 aromatic carbocycles. The smallest absolute Gasteiger partial charge is 0.274 e. The molecule has 1 atom stereocenters. The lowest BCUT2D eigenvalue weighted by Gasteiger charge is -2.14. The largest absolute Gasteiger partial charge is 0.491 e. The highest BCUT2D eigenvalue weighted by Crippen LogP contribution is 2.13. The number of fused-ring (bicyclic) bond motifs is 1. The summed E-state index contributed by atoms with van der Waals surface area (Å²) in [5.74, 6) is -0.127. The number of nitrogens with zero attached hydrogens (tertiary/aromatic N) is 2. The first-order chi connectivity index (χ1) is 12.1. The van der Waals surface area contributed by atoms with Crippen LogP contribution in [-0.2, 0) is 6.54 Å². The van der Waals surface area contributed by atoms with Crippen LogP contribution in [0.3, 0.4) is 0 Å². The Morgan fingerprint density at radius 3 is 2.44 bits per heavy atom. The number of aromatic nitrogens is 2. The highest BCUT2D eigenvalue weighted by molar-refractivity contribution is 6.03. The molecule has 1 amide bonds. The highest BCUT2D eigenvalue weighted by atomic mass is 16.5. The van der Waals surface area contributed by atoms with Crippen molar-refractivity contribution in [1.29, 1.82) is 0 Å². The molecule has 1 aromatic heterocycles. The Balaban J connectivity index is 1.84. The molecule has 128 valence electrons. The molecule has 7 heteroatoms. The van der Waals surface area contributed by atoms with Crippen molar-refractivity contribution < 1.29 is 14.6 Å². The summed E-state index contributed by atoms with van der Waals surface area (Å²) in [7, 11) is 0. The molecule has 0 spiro atoms. The van der Waals surface area contributed by atoms with E-state index in [1.165, 1.54) is 0 Å². The third kappa shape index (κ3) is 3.67. The minimum atomic E-state index is -0.979. The number of ether oxygens (including phenoxy) is 1. The van der Waals surface area contributed by atoms with Crippen molar-refractivity contribution >= 4 is 16.7 Å². The maximum absolute atomic E-state index is 12.5. The van der Waals surface area contributed by atoms with Gasteiger partial charge >= 0.3 is 0 Å². The molecule has 0 radical (unpaired) electrons. The molecule has 0 saturated heterocycles. The van der Waals surface area contributed by atoms with Gasteiger partial charge < -0.3 is 15.6 Å². The van der Waals surface area contributed by atoms with Crippen LogP contribution in [0.5, 0.6) is 5.75 Å². The third-order valence-electron chi connectivity index (χ3n) is 3.67. The van der Waals surface area contributed by atoms with E-state index in [4.69, 9.17) is 10.5 Å². The van der Waals surface area contributed by atoms with Gasteiger partial charge in [0, 0.05) is 5.39 Å². The first kappa shape index (κ1) is 16.7. The standard InChI is InChI=1S/C18H17N3O4/c19-17(23)16-14-8-4-5-9-15(14)18(24)21(20-16)10-12(22)11-25-13-6-2-1-3-7-13/h1-9,12,22H,10-11H2,(H2,19,23)/t12-/m0/s1. The van der Waals surface area contributed by atoms with E-state index in [-0.39, 0.29) is 18.8 Å². The zero-order chi connectivity index (χ0) is 17.8. The Bertz CT molecular complexity index is 953. The predicted molar refractivity (Wildman–Crippen MR) is 92.5 cm³/mol. The first-order valence-corrected chi connectivity index (χ1v) is 7.72. The number of para-hydroxylation sites is 1. The minimum Gasteiger partial charge on any atom is -0.491 e. The number of aliphatic hydroxyl groups excluding tert-OH is 1. The van der Waals surface area contributed by atoms with Crippen LogP contribution < -0.4 is 16.0 Å². The van der Waals surface area contributed by atoms with E-state index >= 15 is 0 Å². The maximum atomic E-state index is 12.5. The summed E-state index contributed by atoms with van der Waals surface area (Å²) in [5, 5.41) is 14.9. The topological polar surface area (TPSA) is 107 Å². The van der Waals surface area contributed by atoms with Crippen LogP contribution in [0.25, 0.3) is 10.8 Å². The Kier molecular flexibility index (Phi) is 4.76. The number of carbonyl (C=O) groups excluding carboxylic acids is 1. The second-order valence-corrected chi connectivity index (χ2v) is 5.52. The molecule has 0 fully saturated rings. The van der Waals surface area contributed by atoms with E-state index in [1.807, 2.05) is 18.2 Å². The van der Waals surface area contributed by atoms with Crippen LogP contribution in [0.2, 0.25) is 0 Å². The summed E-state index contributed by atoms with van der Waals surface area (Å²) >= 11 is 0. The number of nitrogens with two attached hydrogens (primary N) is 1. The normalized spacial score (nSPS) is 12.0. The number of primary amides is 1. The third-order valence-corrected chi connectivity index (χ3v) is 3.67. The van der Waals surface area contributed by atoms with Crippen molar-refractivity contribution in [1.82, 2.24) is 9.78 Å². The number of amides is 1. The van der Waals surface area contributed by atoms with Crippen LogP contribution in [0, 0.1) is 0 Å². The van der Waals surface area contributed by atoms with Crippen molar-refractivity contribution in [2.45, 2.75) is 12.6 Å². The van der Waals surface area contributed by atoms with Crippen molar-refractivity contribution in [2.24, 2.45) is 5.73 Å². The molecular weight excluding hydrogens is 322 g/mol. The number of aliphatic hydroxyl groups is 1. The van der Waals surface area contributed by atoms with E-state index in [2.05, 4.69) is 5.10 Å². The maximum Gasteiger partial charge on any atom is 0.274 e. The quantitative estimate of drug-likeness (QED) is 0.695. The zero-order valence-corrected chi connectivity index (χ0v) is 13.3. The molecular formula is C18H17N3O4. The second kappa shape index (κ2) is 7.14. The SMILES string of the molecule is NC(=O)c1nn(C[C@H](O)COc2ccccc2)c(=O)c2ccccc12. The van der Waals surface area contributed by atoms with Gasteiger partial charge in [0.1, 0.15) is 18.5 Å². The molecule has 0 aliphatic rings. The summed E-state index contributed by atoms with van der Waals surface area (Å²) in [5.41, 5.74) is 4.95. The van der Waals surface area contributed by atoms with E-state index in [9.17, 15) is 14.7 Å². The lowest BCUT2D eigenvalue weighted by atomic mass is 10.1. The summed E-state index contributed by atoms with van der Waals surface area (Å²) in [6.07, 6.45) is -0.979. The summed E-state index contributed by atoms with van der Waals surface area (Å²) in [4.78, 5) is 24.1. The van der Waals surface area contributed by atoms with Gasteiger partial charge in [-0.15, -0.1) is 0 Å². The average Bonchev–Trinajstić information content (AvgIpc) is 2.63. The summed E-state index contributed by atoms with van der Waals surface area (Å²) in [6, 6.07) is 15.6. The van der Waals surface area contributed by atoms with Crippen molar-refractivity contribution in [3.05, 3.63) is 70.6 Å². The van der Waals surface area contributed by atoms with E-state index in [0.717, 1.165) is 4.68 Å². The molecule has 3 rings (SSSR count). The molecule has 7 nitrogen and oxygen atoms in total. The molecule has 3 N–H and O–H groups in total. The Morgan fingerprint density at radius 1 is 1.12 bits per heavy atom. The Morgan fingerprint density at radius 2 is 1.76 bits per heavy atom. The zero-order valence-electron chi connectivity index (χ0n) is 13.3. The van der Waals surface area contributed by atoms with Crippen LogP contribution in [-0.4, -0.2) is 33.5 Å². The van der Waals surface area contributed by atoms with Gasteiger partial charge in [-0.3, -0.25) is 9.59 Å². The molecule has 0 unspecified atom stereocenters. The van der Waals surface area contributed by atoms with Gasteiger partial charge in [-0.2, -0.15) is 5.10 Å². The van der Waals surface area contributed by atoms with E-state index < -0.39 is 17.6 Å². The van der Waals surface area contributed by atoms with Gasteiger partial charge in [-0.25, -0.2) is 4.68 Å². The summed E-state index contributed by atoms with van der Waals surface area (Å²) < 4.78 is 6.50. The molecule has 0 saturated carbocycles. The predicted octanol–water partition coefficient (Wildman–Crippen LogP) is 0.935. The van der Waals surface area contributed by atoms with Crippen molar-refractivity contribution in [2.75, 3.05) is 6.61 Å². The lowest BCUT2D eigenvalue weighted by Crippen LogP contribution is -2.34. The Labute approximate surface area is 143 Å². The molecule has 0 bridgehead atoms. The fourth-order valence-electron chi connectivity index (χ4n) is 2.50. The molecule has 0 aliphatic carbocycles. The van der Waals surface area contributed by atoms with Gasteiger partial charge in [-0.1, -0.05) is 36.4 Å². The number of hydrogen-bond donors (Lipinski definition) is 2. The van der Waals surface area contributed by atoms with Gasteiger partial charge in [0.2, 0.25) is 0 Å². The van der Waals surface area contributed by atoms with Gasteiger partial charge in [0.25, 0.3) is 11.5 Å². The molecule has 1 heterocycles. The molecule has 3 aromatic rings. The highest BCUT2D eigenvalue weighted by Gasteiger charge is 2.16. The van der Waals surface area contributed by atoms with Gasteiger partial charge in [0.15, 0.2) is 5.69 Å². The van der Waals surface area contributed by atoms with Crippen LogP contribution >= 0.6 is 0 Å². The van der Waals surface area contributed by atoms with Crippen molar-refractivity contribution in [3.8, 4) is 5.75 Å². The molecule has 25 heavy (non-hydrogen) atoms. The first-order valence-electron chi connectivity index (χ1n) is 7.72. The number of rotatable bonds is 6. The van der Waals surface area contributed by atoms with E-state index in [1.54, 1.807) is 36.4 Å². The van der Waals surface area contributed by atoms with Crippen LogP contribution in [0.15, 0.2) is 59.4 Å². The Hall–Kier alpha value is -3.19. The van der Waals surface area contributed by atoms with Crippen LogP contribution in [0.4, 0.5) is 0 Å². The molecule has 0 aliphatic heterocycles. The number of carbonyl (C=O) groups is 1. The minimum absolute atomic E-state index is 0.00798. The van der Waals surface area contributed by atoms with Gasteiger partial charge in [0.05, 0.1) is 11.9 Å².